The maximum absolute atomic E-state index is 11.8. The molecule has 0 atom stereocenters. The Bertz CT molecular complexity index is 412. The second-order valence-corrected chi connectivity index (χ2v) is 6.82. The van der Waals surface area contributed by atoms with Crippen LogP contribution in [0.3, 0.4) is 0 Å². The molecule has 0 aromatic heterocycles. The maximum atomic E-state index is 11.8. The van der Waals surface area contributed by atoms with Crippen LogP contribution in [-0.4, -0.2) is 62.3 Å². The van der Waals surface area contributed by atoms with Gasteiger partial charge in [-0.15, -0.1) is 0 Å². The number of rotatable bonds is 4. The van der Waals surface area contributed by atoms with Crippen LogP contribution in [0.15, 0.2) is 0 Å². The van der Waals surface area contributed by atoms with Crippen molar-refractivity contribution in [2.45, 2.75) is 31.7 Å². The number of piperazine rings is 1. The van der Waals surface area contributed by atoms with Gasteiger partial charge >= 0.3 is 0 Å². The van der Waals surface area contributed by atoms with Gasteiger partial charge in [0.1, 0.15) is 0 Å². The second kappa shape index (κ2) is 6.17. The number of carbonyl (C=O) groups is 1. The van der Waals surface area contributed by atoms with Gasteiger partial charge in [0.05, 0.1) is 6.54 Å². The first-order chi connectivity index (χ1) is 8.95. The average molecular weight is 290 g/mol. The molecule has 110 valence electrons. The van der Waals surface area contributed by atoms with Gasteiger partial charge in [-0.2, -0.15) is 12.7 Å². The van der Waals surface area contributed by atoms with Gasteiger partial charge in [-0.3, -0.25) is 9.69 Å². The number of hydrogen-bond donors (Lipinski definition) is 2. The van der Waals surface area contributed by atoms with E-state index in [-0.39, 0.29) is 5.91 Å². The highest BCUT2D eigenvalue weighted by atomic mass is 32.2. The van der Waals surface area contributed by atoms with Crippen LogP contribution in [0, 0.1) is 0 Å². The quantitative estimate of drug-likeness (QED) is 0.684. The third-order valence-electron chi connectivity index (χ3n) is 3.78. The van der Waals surface area contributed by atoms with Gasteiger partial charge in [0.25, 0.3) is 10.2 Å². The molecule has 2 fully saturated rings. The molecule has 1 aliphatic carbocycles. The van der Waals surface area contributed by atoms with Crippen LogP contribution in [0.25, 0.3) is 0 Å². The minimum atomic E-state index is -3.59. The molecular weight excluding hydrogens is 268 g/mol. The van der Waals surface area contributed by atoms with E-state index in [0.717, 1.165) is 12.8 Å². The fourth-order valence-corrected chi connectivity index (χ4v) is 3.36. The zero-order valence-electron chi connectivity index (χ0n) is 11.0. The largest absolute Gasteiger partial charge is 0.352 e. The summed E-state index contributed by atoms with van der Waals surface area (Å²) in [6.07, 6.45) is 4.53. The van der Waals surface area contributed by atoms with Crippen LogP contribution in [0.2, 0.25) is 0 Å². The van der Waals surface area contributed by atoms with Crippen LogP contribution in [0.5, 0.6) is 0 Å². The van der Waals surface area contributed by atoms with Crippen LogP contribution < -0.4 is 10.5 Å². The van der Waals surface area contributed by atoms with E-state index in [4.69, 9.17) is 5.14 Å². The highest BCUT2D eigenvalue weighted by Crippen LogP contribution is 2.17. The first kappa shape index (κ1) is 14.7. The van der Waals surface area contributed by atoms with Gasteiger partial charge in [0.15, 0.2) is 0 Å². The number of carbonyl (C=O) groups excluding carboxylic acids is 1. The maximum Gasteiger partial charge on any atom is 0.276 e. The van der Waals surface area contributed by atoms with Gasteiger partial charge in [0, 0.05) is 32.2 Å². The minimum absolute atomic E-state index is 0.0379. The van der Waals surface area contributed by atoms with E-state index in [1.54, 1.807) is 0 Å². The van der Waals surface area contributed by atoms with Gasteiger partial charge in [0.2, 0.25) is 5.91 Å². The van der Waals surface area contributed by atoms with Crippen molar-refractivity contribution >= 4 is 16.1 Å². The standard InChI is InChI=1S/C11H22N4O3S/c12-19(17,18)15-7-5-14(6-8-15)9-11(16)13-10-3-1-2-4-10/h10H,1-9H2,(H,13,16)(H2,12,17,18). The molecule has 0 radical (unpaired) electrons. The summed E-state index contributed by atoms with van der Waals surface area (Å²) in [5.74, 6) is 0.0379. The lowest BCUT2D eigenvalue weighted by atomic mass is 10.2. The normalized spacial score (nSPS) is 23.6. The van der Waals surface area contributed by atoms with Crippen molar-refractivity contribution in [3.05, 3.63) is 0 Å². The van der Waals surface area contributed by atoms with Crippen molar-refractivity contribution < 1.29 is 13.2 Å². The Balaban J connectivity index is 1.71. The number of nitrogens with two attached hydrogens (primary N) is 1. The summed E-state index contributed by atoms with van der Waals surface area (Å²) in [5.41, 5.74) is 0. The van der Waals surface area contributed by atoms with E-state index in [0.29, 0.717) is 38.8 Å². The molecule has 0 aromatic rings. The summed E-state index contributed by atoms with van der Waals surface area (Å²) in [5, 5.41) is 8.10. The van der Waals surface area contributed by atoms with Gasteiger partial charge in [-0.25, -0.2) is 5.14 Å². The lowest BCUT2D eigenvalue weighted by molar-refractivity contribution is -0.123. The van der Waals surface area contributed by atoms with Gasteiger partial charge in [-0.05, 0) is 12.8 Å². The number of nitrogens with one attached hydrogen (secondary N) is 1. The summed E-state index contributed by atoms with van der Waals surface area (Å²) in [6, 6.07) is 0.332. The van der Waals surface area contributed by atoms with Crippen molar-refractivity contribution in [1.29, 1.82) is 0 Å². The Morgan fingerprint density at radius 1 is 1.16 bits per heavy atom. The SMILES string of the molecule is NS(=O)(=O)N1CCN(CC(=O)NC2CCCC2)CC1. The summed E-state index contributed by atoms with van der Waals surface area (Å²) >= 11 is 0. The Morgan fingerprint density at radius 3 is 2.26 bits per heavy atom. The molecule has 1 saturated heterocycles. The Kier molecular flexibility index (Phi) is 4.77. The monoisotopic (exact) mass is 290 g/mol. The lowest BCUT2D eigenvalue weighted by Crippen LogP contribution is -2.53. The Hall–Kier alpha value is -0.700. The zero-order valence-corrected chi connectivity index (χ0v) is 11.9. The first-order valence-electron chi connectivity index (χ1n) is 6.75. The predicted molar refractivity (Wildman–Crippen MR) is 71.5 cm³/mol. The summed E-state index contributed by atoms with van der Waals surface area (Å²) in [6.45, 7) is 2.16. The molecule has 1 amide bonds. The molecule has 0 aromatic carbocycles. The smallest absolute Gasteiger partial charge is 0.276 e. The van der Waals surface area contributed by atoms with Crippen LogP contribution in [0.1, 0.15) is 25.7 Å². The fourth-order valence-electron chi connectivity index (χ4n) is 2.69. The molecule has 8 heteroatoms. The van der Waals surface area contributed by atoms with Crippen molar-refractivity contribution in [3.8, 4) is 0 Å². The topological polar surface area (TPSA) is 95.7 Å². The van der Waals surface area contributed by atoms with Crippen molar-refractivity contribution in [1.82, 2.24) is 14.5 Å². The summed E-state index contributed by atoms with van der Waals surface area (Å²) in [7, 11) is -3.59. The summed E-state index contributed by atoms with van der Waals surface area (Å²) < 4.78 is 23.6. The molecule has 0 unspecified atom stereocenters. The molecule has 2 aliphatic rings. The lowest BCUT2D eigenvalue weighted by Gasteiger charge is -2.32. The van der Waals surface area contributed by atoms with Crippen LogP contribution in [0.4, 0.5) is 0 Å². The van der Waals surface area contributed by atoms with Crippen molar-refractivity contribution in [3.63, 3.8) is 0 Å². The van der Waals surface area contributed by atoms with E-state index in [2.05, 4.69) is 5.32 Å². The first-order valence-corrected chi connectivity index (χ1v) is 8.25. The van der Waals surface area contributed by atoms with Gasteiger partial charge in [-0.1, -0.05) is 12.8 Å². The fraction of sp³-hybridized carbons (Fsp3) is 0.909. The van der Waals surface area contributed by atoms with Crippen molar-refractivity contribution in [2.24, 2.45) is 5.14 Å². The molecule has 1 heterocycles. The van der Waals surface area contributed by atoms with E-state index < -0.39 is 10.2 Å². The Labute approximate surface area is 114 Å². The highest BCUT2D eigenvalue weighted by molar-refractivity contribution is 7.86. The second-order valence-electron chi connectivity index (χ2n) is 5.27. The van der Waals surface area contributed by atoms with E-state index >= 15 is 0 Å². The van der Waals surface area contributed by atoms with E-state index in [9.17, 15) is 13.2 Å². The molecule has 19 heavy (non-hydrogen) atoms. The van der Waals surface area contributed by atoms with Gasteiger partial charge < -0.3 is 5.32 Å². The third kappa shape index (κ3) is 4.41. The molecule has 2 rings (SSSR count). The van der Waals surface area contributed by atoms with E-state index in [1.165, 1.54) is 17.1 Å². The molecule has 0 spiro atoms. The van der Waals surface area contributed by atoms with Crippen LogP contribution in [-0.2, 0) is 15.0 Å². The molecule has 7 nitrogen and oxygen atoms in total. The zero-order chi connectivity index (χ0) is 13.9. The highest BCUT2D eigenvalue weighted by Gasteiger charge is 2.25. The number of amides is 1. The molecular formula is C11H22N4O3S. The number of hydrogen-bond acceptors (Lipinski definition) is 4. The summed E-state index contributed by atoms with van der Waals surface area (Å²) in [4.78, 5) is 13.8. The predicted octanol–water partition coefficient (Wildman–Crippen LogP) is -1.13. The molecule has 3 N–H and O–H groups in total. The minimum Gasteiger partial charge on any atom is -0.352 e. The third-order valence-corrected chi connectivity index (χ3v) is 4.86. The van der Waals surface area contributed by atoms with Crippen molar-refractivity contribution in [2.75, 3.05) is 32.7 Å². The van der Waals surface area contributed by atoms with E-state index in [1.807, 2.05) is 4.90 Å². The average Bonchev–Trinajstić information content (AvgIpc) is 2.81. The van der Waals surface area contributed by atoms with Crippen LogP contribution >= 0.6 is 0 Å². The number of nitrogens with zero attached hydrogens (tertiary/aromatic N) is 2. The Morgan fingerprint density at radius 2 is 1.74 bits per heavy atom. The molecule has 1 aliphatic heterocycles. The molecule has 0 bridgehead atoms. The molecule has 1 saturated carbocycles.